The van der Waals surface area contributed by atoms with Gasteiger partial charge in [-0.15, -0.1) is 0 Å². The normalized spacial score (nSPS) is 16.6. The fourth-order valence-corrected chi connectivity index (χ4v) is 3.46. The van der Waals surface area contributed by atoms with Crippen LogP contribution in [0.25, 0.3) is 0 Å². The second-order valence-corrected chi connectivity index (χ2v) is 6.84. The van der Waals surface area contributed by atoms with Crippen LogP contribution in [0.3, 0.4) is 0 Å². The van der Waals surface area contributed by atoms with E-state index in [1.807, 2.05) is 6.07 Å². The Labute approximate surface area is 156 Å². The molecule has 2 aromatic rings. The molecule has 0 spiro atoms. The van der Waals surface area contributed by atoms with Crippen molar-refractivity contribution in [2.24, 2.45) is 4.99 Å². The summed E-state index contributed by atoms with van der Waals surface area (Å²) in [7, 11) is 0. The highest BCUT2D eigenvalue weighted by atomic mass is 16.3. The highest BCUT2D eigenvalue weighted by Crippen LogP contribution is 2.24. The maximum atomic E-state index is 5.70. The number of rotatable bonds is 7. The van der Waals surface area contributed by atoms with Crippen LogP contribution in [0.4, 0.5) is 0 Å². The van der Waals surface area contributed by atoms with Crippen LogP contribution in [-0.2, 0) is 6.54 Å². The fraction of sp³-hybridized carbons (Fsp3) is 0.476. The van der Waals surface area contributed by atoms with Gasteiger partial charge in [0.2, 0.25) is 0 Å². The minimum Gasteiger partial charge on any atom is -0.468 e. The summed E-state index contributed by atoms with van der Waals surface area (Å²) in [6.07, 6.45) is 4.28. The molecular weight excluding hydrogens is 324 g/mol. The standard InChI is InChI=1S/C21H30N4O/c1-3-22-21(23-15-18-9-6-8-17(2)14-18)24-16-19(20-10-7-13-26-20)25-11-4-5-12-25/h6-10,13-14,19H,3-5,11-12,15-16H2,1-2H3,(H2,22,23,24). The van der Waals surface area contributed by atoms with Gasteiger partial charge < -0.3 is 15.1 Å². The topological polar surface area (TPSA) is 52.8 Å². The van der Waals surface area contributed by atoms with Gasteiger partial charge in [0.25, 0.3) is 0 Å². The van der Waals surface area contributed by atoms with Crippen LogP contribution < -0.4 is 10.6 Å². The zero-order chi connectivity index (χ0) is 18.2. The van der Waals surface area contributed by atoms with Crippen LogP contribution in [0, 0.1) is 6.92 Å². The molecule has 26 heavy (non-hydrogen) atoms. The summed E-state index contributed by atoms with van der Waals surface area (Å²) in [5.74, 6) is 1.87. The van der Waals surface area contributed by atoms with E-state index in [4.69, 9.17) is 9.41 Å². The first kappa shape index (κ1) is 18.5. The first-order valence-corrected chi connectivity index (χ1v) is 9.61. The quantitative estimate of drug-likeness (QED) is 0.590. The van der Waals surface area contributed by atoms with Crippen molar-refractivity contribution in [3.8, 4) is 0 Å². The summed E-state index contributed by atoms with van der Waals surface area (Å²) in [6.45, 7) is 8.76. The van der Waals surface area contributed by atoms with Crippen LogP contribution in [0.1, 0.15) is 42.7 Å². The zero-order valence-corrected chi connectivity index (χ0v) is 15.9. The van der Waals surface area contributed by atoms with Crippen molar-refractivity contribution in [3.05, 3.63) is 59.5 Å². The third-order valence-corrected chi connectivity index (χ3v) is 4.76. The lowest BCUT2D eigenvalue weighted by Crippen LogP contribution is -2.42. The van der Waals surface area contributed by atoms with Crippen molar-refractivity contribution in [3.63, 3.8) is 0 Å². The van der Waals surface area contributed by atoms with Crippen LogP contribution in [0.2, 0.25) is 0 Å². The number of aliphatic imine (C=N–C) groups is 1. The second-order valence-electron chi connectivity index (χ2n) is 6.84. The first-order valence-electron chi connectivity index (χ1n) is 9.61. The van der Waals surface area contributed by atoms with Crippen molar-refractivity contribution >= 4 is 5.96 Å². The zero-order valence-electron chi connectivity index (χ0n) is 15.9. The summed E-state index contributed by atoms with van der Waals surface area (Å²) >= 11 is 0. The molecule has 2 heterocycles. The maximum Gasteiger partial charge on any atom is 0.191 e. The van der Waals surface area contributed by atoms with E-state index in [0.29, 0.717) is 6.54 Å². The molecule has 1 unspecified atom stereocenters. The molecule has 140 valence electrons. The van der Waals surface area contributed by atoms with Gasteiger partial charge in [-0.1, -0.05) is 29.8 Å². The lowest BCUT2D eigenvalue weighted by molar-refractivity contribution is 0.215. The van der Waals surface area contributed by atoms with Crippen LogP contribution in [-0.4, -0.2) is 37.0 Å². The molecule has 1 aromatic carbocycles. The predicted octanol–water partition coefficient (Wildman–Crippen LogP) is 3.48. The maximum absolute atomic E-state index is 5.70. The first-order chi connectivity index (χ1) is 12.8. The predicted molar refractivity (Wildman–Crippen MR) is 106 cm³/mol. The van der Waals surface area contributed by atoms with Crippen molar-refractivity contribution in [2.75, 3.05) is 26.2 Å². The molecule has 0 aliphatic carbocycles. The summed E-state index contributed by atoms with van der Waals surface area (Å²) in [5.41, 5.74) is 2.49. The number of furan rings is 1. The number of nitrogens with zero attached hydrogens (tertiary/aromatic N) is 2. The van der Waals surface area contributed by atoms with Gasteiger partial charge in [0, 0.05) is 13.1 Å². The molecule has 5 heteroatoms. The van der Waals surface area contributed by atoms with Crippen LogP contribution in [0.15, 0.2) is 52.1 Å². The van der Waals surface area contributed by atoms with Gasteiger partial charge >= 0.3 is 0 Å². The van der Waals surface area contributed by atoms with Gasteiger partial charge in [-0.3, -0.25) is 4.90 Å². The van der Waals surface area contributed by atoms with E-state index in [1.54, 1.807) is 6.26 Å². The Balaban J connectivity index is 1.65. The van der Waals surface area contributed by atoms with Gasteiger partial charge in [0.05, 0.1) is 18.8 Å². The lowest BCUT2D eigenvalue weighted by atomic mass is 10.1. The summed E-state index contributed by atoms with van der Waals surface area (Å²) in [5, 5.41) is 6.86. The van der Waals surface area contributed by atoms with E-state index >= 15 is 0 Å². The van der Waals surface area contributed by atoms with Gasteiger partial charge in [-0.25, -0.2) is 4.99 Å². The molecule has 1 aliphatic heterocycles. The van der Waals surface area contributed by atoms with E-state index < -0.39 is 0 Å². The number of aryl methyl sites for hydroxylation is 1. The Bertz CT molecular complexity index is 690. The fourth-order valence-electron chi connectivity index (χ4n) is 3.46. The van der Waals surface area contributed by atoms with Gasteiger partial charge in [-0.2, -0.15) is 0 Å². The van der Waals surface area contributed by atoms with Crippen LogP contribution >= 0.6 is 0 Å². The summed E-state index contributed by atoms with van der Waals surface area (Å²) < 4.78 is 5.70. The number of hydrogen-bond acceptors (Lipinski definition) is 3. The van der Waals surface area contributed by atoms with Gasteiger partial charge in [-0.05, 0) is 57.5 Å². The third-order valence-electron chi connectivity index (χ3n) is 4.76. The van der Waals surface area contributed by atoms with Crippen molar-refractivity contribution in [1.82, 2.24) is 15.5 Å². The molecule has 5 nitrogen and oxygen atoms in total. The molecule has 1 aromatic heterocycles. The van der Waals surface area contributed by atoms with E-state index in [9.17, 15) is 0 Å². The Morgan fingerprint density at radius 2 is 2.04 bits per heavy atom. The average molecular weight is 354 g/mol. The molecule has 2 N–H and O–H groups in total. The van der Waals surface area contributed by atoms with Crippen molar-refractivity contribution in [1.29, 1.82) is 0 Å². The number of hydrogen-bond donors (Lipinski definition) is 2. The van der Waals surface area contributed by atoms with Gasteiger partial charge in [0.15, 0.2) is 5.96 Å². The largest absolute Gasteiger partial charge is 0.468 e. The minimum atomic E-state index is 0.246. The SMILES string of the molecule is CCNC(=NCc1cccc(C)c1)NCC(c1ccco1)N1CCCC1. The number of nitrogens with one attached hydrogen (secondary N) is 2. The Hall–Kier alpha value is -2.27. The molecule has 3 rings (SSSR count). The summed E-state index contributed by atoms with van der Waals surface area (Å²) in [4.78, 5) is 7.25. The number of likely N-dealkylation sites (tertiary alicyclic amines) is 1. The van der Waals surface area contributed by atoms with E-state index in [0.717, 1.165) is 37.9 Å². The average Bonchev–Trinajstić information content (AvgIpc) is 3.34. The van der Waals surface area contributed by atoms with Crippen molar-refractivity contribution in [2.45, 2.75) is 39.3 Å². The molecule has 1 aliphatic rings. The Morgan fingerprint density at radius 1 is 1.19 bits per heavy atom. The Kier molecular flexibility index (Phi) is 6.72. The number of benzene rings is 1. The lowest BCUT2D eigenvalue weighted by Gasteiger charge is -2.26. The molecule has 1 fully saturated rings. The van der Waals surface area contributed by atoms with E-state index in [-0.39, 0.29) is 6.04 Å². The van der Waals surface area contributed by atoms with Crippen molar-refractivity contribution < 1.29 is 4.42 Å². The molecular formula is C21H30N4O. The minimum absolute atomic E-state index is 0.246. The highest BCUT2D eigenvalue weighted by Gasteiger charge is 2.25. The molecule has 0 bridgehead atoms. The van der Waals surface area contributed by atoms with E-state index in [2.05, 4.69) is 59.7 Å². The molecule has 0 saturated carbocycles. The Morgan fingerprint density at radius 3 is 2.73 bits per heavy atom. The second kappa shape index (κ2) is 9.43. The van der Waals surface area contributed by atoms with E-state index in [1.165, 1.54) is 24.0 Å². The highest BCUT2D eigenvalue weighted by molar-refractivity contribution is 5.79. The number of guanidine groups is 1. The molecule has 1 atom stereocenters. The van der Waals surface area contributed by atoms with Gasteiger partial charge in [0.1, 0.15) is 5.76 Å². The third kappa shape index (κ3) is 5.11. The summed E-state index contributed by atoms with van der Waals surface area (Å²) in [6, 6.07) is 12.8. The van der Waals surface area contributed by atoms with Crippen LogP contribution in [0.5, 0.6) is 0 Å². The smallest absolute Gasteiger partial charge is 0.191 e. The molecule has 1 saturated heterocycles. The monoisotopic (exact) mass is 354 g/mol. The molecule has 0 amide bonds. The molecule has 0 radical (unpaired) electrons.